The molecule has 252 valence electrons. The summed E-state index contributed by atoms with van der Waals surface area (Å²) in [5.74, 6) is 1.48. The lowest BCUT2D eigenvalue weighted by molar-refractivity contribution is -0.133. The number of benzene rings is 3. The fraction of sp³-hybridized carbons (Fsp3) is 0.314. The van der Waals surface area contributed by atoms with Crippen LogP contribution in [0, 0.1) is 6.92 Å². The van der Waals surface area contributed by atoms with Crippen LogP contribution in [0.15, 0.2) is 81.6 Å². The third kappa shape index (κ3) is 7.82. The SMILES string of the molecule is CCOc1cc(C2C(C(=O)Nc3ccccc3C)=C(C)Nc3nc(SCc4ccccc4Cl)nn32)cc(Br)c1OCC(=O)N(CC)CC. The summed E-state index contributed by atoms with van der Waals surface area (Å²) in [6, 6.07) is 18.3. The van der Waals surface area contributed by atoms with Gasteiger partial charge in [-0.3, -0.25) is 9.59 Å². The van der Waals surface area contributed by atoms with Gasteiger partial charge in [0.2, 0.25) is 11.1 Å². The van der Waals surface area contributed by atoms with E-state index in [-0.39, 0.29) is 18.4 Å². The number of amides is 2. The molecule has 2 heterocycles. The van der Waals surface area contributed by atoms with Crippen LogP contribution >= 0.6 is 39.3 Å². The smallest absolute Gasteiger partial charge is 0.260 e. The average Bonchev–Trinajstić information content (AvgIpc) is 3.47. The van der Waals surface area contributed by atoms with Gasteiger partial charge in [-0.05, 0) is 91.5 Å². The number of anilines is 2. The zero-order valence-corrected chi connectivity index (χ0v) is 30.6. The molecule has 0 bridgehead atoms. The van der Waals surface area contributed by atoms with Crippen molar-refractivity contribution in [2.75, 3.05) is 36.9 Å². The van der Waals surface area contributed by atoms with Gasteiger partial charge in [0.1, 0.15) is 6.04 Å². The second kappa shape index (κ2) is 15.9. The summed E-state index contributed by atoms with van der Waals surface area (Å²) in [4.78, 5) is 33.4. The predicted octanol–water partition coefficient (Wildman–Crippen LogP) is 7.87. The van der Waals surface area contributed by atoms with Gasteiger partial charge in [0.05, 0.1) is 16.7 Å². The molecule has 1 atom stereocenters. The van der Waals surface area contributed by atoms with Crippen molar-refractivity contribution in [2.45, 2.75) is 51.6 Å². The number of carbonyl (C=O) groups is 2. The minimum Gasteiger partial charge on any atom is -0.490 e. The largest absolute Gasteiger partial charge is 0.490 e. The van der Waals surface area contributed by atoms with Crippen LogP contribution < -0.4 is 20.1 Å². The number of thioether (sulfide) groups is 1. The van der Waals surface area contributed by atoms with Crippen LogP contribution in [0.3, 0.4) is 0 Å². The maximum Gasteiger partial charge on any atom is 0.260 e. The number of ether oxygens (including phenoxy) is 2. The molecule has 1 unspecified atom stereocenters. The number of fused-ring (bicyclic) bond motifs is 1. The molecule has 0 saturated heterocycles. The summed E-state index contributed by atoms with van der Waals surface area (Å²) in [6.07, 6.45) is 0. The monoisotopic (exact) mass is 752 g/mol. The molecule has 2 amide bonds. The number of aryl methyl sites for hydroxylation is 1. The Morgan fingerprint density at radius 2 is 1.79 bits per heavy atom. The number of rotatable bonds is 13. The Bertz CT molecular complexity index is 1840. The normalized spacial score (nSPS) is 13.9. The highest BCUT2D eigenvalue weighted by molar-refractivity contribution is 9.10. The molecule has 48 heavy (non-hydrogen) atoms. The van der Waals surface area contributed by atoms with Crippen molar-refractivity contribution in [3.63, 3.8) is 0 Å². The lowest BCUT2D eigenvalue weighted by Crippen LogP contribution is -2.34. The molecule has 3 aromatic carbocycles. The van der Waals surface area contributed by atoms with E-state index in [1.807, 2.05) is 95.3 Å². The lowest BCUT2D eigenvalue weighted by Gasteiger charge is -2.29. The van der Waals surface area contributed by atoms with Crippen LogP contribution in [0.2, 0.25) is 5.02 Å². The van der Waals surface area contributed by atoms with E-state index in [2.05, 4.69) is 26.6 Å². The zero-order valence-electron chi connectivity index (χ0n) is 27.5. The van der Waals surface area contributed by atoms with E-state index in [0.29, 0.717) is 80.1 Å². The quantitative estimate of drug-likeness (QED) is 0.133. The maximum atomic E-state index is 14.1. The Hall–Kier alpha value is -4.00. The maximum absolute atomic E-state index is 14.1. The topological polar surface area (TPSA) is 111 Å². The molecule has 4 aromatic rings. The second-order valence-electron chi connectivity index (χ2n) is 11.0. The number of nitrogens with zero attached hydrogens (tertiary/aromatic N) is 4. The summed E-state index contributed by atoms with van der Waals surface area (Å²) in [6.45, 7) is 10.9. The van der Waals surface area contributed by atoms with Crippen LogP contribution in [0.5, 0.6) is 11.5 Å². The van der Waals surface area contributed by atoms with Gasteiger partial charge in [-0.1, -0.05) is 59.8 Å². The van der Waals surface area contributed by atoms with Gasteiger partial charge in [-0.2, -0.15) is 4.98 Å². The number of nitrogens with one attached hydrogen (secondary N) is 2. The molecule has 5 rings (SSSR count). The van der Waals surface area contributed by atoms with Gasteiger partial charge in [0.25, 0.3) is 11.8 Å². The Morgan fingerprint density at radius 3 is 2.50 bits per heavy atom. The summed E-state index contributed by atoms with van der Waals surface area (Å²) in [7, 11) is 0. The van der Waals surface area contributed by atoms with Gasteiger partial charge in [-0.15, -0.1) is 5.10 Å². The van der Waals surface area contributed by atoms with Gasteiger partial charge >= 0.3 is 0 Å². The second-order valence-corrected chi connectivity index (χ2v) is 13.2. The summed E-state index contributed by atoms with van der Waals surface area (Å²) >= 11 is 11.5. The predicted molar refractivity (Wildman–Crippen MR) is 194 cm³/mol. The van der Waals surface area contributed by atoms with Crippen LogP contribution in [0.4, 0.5) is 11.6 Å². The molecule has 0 spiro atoms. The Morgan fingerprint density at radius 1 is 1.06 bits per heavy atom. The number of aromatic nitrogens is 3. The van der Waals surface area contributed by atoms with Crippen molar-refractivity contribution < 1.29 is 19.1 Å². The van der Waals surface area contributed by atoms with Crippen molar-refractivity contribution in [2.24, 2.45) is 0 Å². The van der Waals surface area contributed by atoms with Crippen LogP contribution in [0.25, 0.3) is 0 Å². The van der Waals surface area contributed by atoms with E-state index in [9.17, 15) is 9.59 Å². The first kappa shape index (κ1) is 35.3. The van der Waals surface area contributed by atoms with Crippen molar-refractivity contribution in [1.82, 2.24) is 19.7 Å². The van der Waals surface area contributed by atoms with E-state index in [0.717, 1.165) is 11.1 Å². The van der Waals surface area contributed by atoms with Crippen molar-refractivity contribution in [3.8, 4) is 11.5 Å². The van der Waals surface area contributed by atoms with Crippen molar-refractivity contribution in [1.29, 1.82) is 0 Å². The van der Waals surface area contributed by atoms with Gasteiger partial charge in [0, 0.05) is 35.2 Å². The van der Waals surface area contributed by atoms with Crippen molar-refractivity contribution in [3.05, 3.63) is 98.1 Å². The number of halogens is 2. The Kier molecular flexibility index (Phi) is 11.7. The van der Waals surface area contributed by atoms with Gasteiger partial charge in [0.15, 0.2) is 18.1 Å². The molecular formula is C35H38BrClN6O4S. The standard InChI is InChI=1S/C35H38BrClN6O4S/c1-6-42(7-2)29(44)19-47-32-25(36)17-24(18-28(32)46-8-3)31-30(33(45)39-27-16-12-9-13-21(27)4)22(5)38-34-40-35(41-43(31)34)48-20-23-14-10-11-15-26(23)37/h9-18,31H,6-8,19-20H2,1-5H3,(H,39,45)(H,38,40,41). The molecule has 13 heteroatoms. The molecule has 1 aliphatic rings. The first-order valence-corrected chi connectivity index (χ1v) is 17.8. The highest BCUT2D eigenvalue weighted by Gasteiger charge is 2.36. The number of hydrogen-bond acceptors (Lipinski definition) is 8. The summed E-state index contributed by atoms with van der Waals surface area (Å²) < 4.78 is 14.4. The van der Waals surface area contributed by atoms with E-state index in [1.54, 1.807) is 9.58 Å². The van der Waals surface area contributed by atoms with E-state index >= 15 is 0 Å². The van der Waals surface area contributed by atoms with Crippen LogP contribution in [-0.4, -0.2) is 57.8 Å². The van der Waals surface area contributed by atoms with E-state index < -0.39 is 6.04 Å². The molecule has 2 N–H and O–H groups in total. The number of hydrogen-bond donors (Lipinski definition) is 2. The number of para-hydroxylation sites is 1. The molecule has 0 aliphatic carbocycles. The minimum absolute atomic E-state index is 0.125. The molecule has 1 aliphatic heterocycles. The minimum atomic E-state index is -0.686. The van der Waals surface area contributed by atoms with Crippen LogP contribution in [0.1, 0.15) is 50.4 Å². The van der Waals surface area contributed by atoms with E-state index in [1.165, 1.54) is 11.8 Å². The highest BCUT2D eigenvalue weighted by atomic mass is 79.9. The van der Waals surface area contributed by atoms with Gasteiger partial charge in [-0.25, -0.2) is 4.68 Å². The number of allylic oxidation sites excluding steroid dienone is 1. The molecule has 0 saturated carbocycles. The number of carbonyl (C=O) groups excluding carboxylic acids is 2. The Balaban J connectivity index is 1.55. The third-order valence-corrected chi connectivity index (χ3v) is 9.73. The van der Waals surface area contributed by atoms with Crippen LogP contribution in [-0.2, 0) is 15.3 Å². The van der Waals surface area contributed by atoms with Gasteiger partial charge < -0.3 is 25.0 Å². The molecule has 10 nitrogen and oxygen atoms in total. The van der Waals surface area contributed by atoms with E-state index in [4.69, 9.17) is 31.2 Å². The first-order valence-electron chi connectivity index (χ1n) is 15.7. The fourth-order valence-corrected chi connectivity index (χ4v) is 7.09. The third-order valence-electron chi connectivity index (χ3n) is 7.89. The fourth-order valence-electron chi connectivity index (χ4n) is 5.41. The average molecular weight is 754 g/mol. The van der Waals surface area contributed by atoms with Crippen molar-refractivity contribution >= 4 is 62.7 Å². The molecule has 0 fully saturated rings. The zero-order chi connectivity index (χ0) is 34.4. The molecular weight excluding hydrogens is 716 g/mol. The molecule has 0 radical (unpaired) electrons. The number of likely N-dealkylation sites (N-methyl/N-ethyl adjacent to an activating group) is 1. The Labute approximate surface area is 298 Å². The summed E-state index contributed by atoms with van der Waals surface area (Å²) in [5, 5.41) is 12.5. The first-order chi connectivity index (χ1) is 23.1. The lowest BCUT2D eigenvalue weighted by atomic mass is 9.94. The molecule has 1 aromatic heterocycles. The highest BCUT2D eigenvalue weighted by Crippen LogP contribution is 2.43. The summed E-state index contributed by atoms with van der Waals surface area (Å²) in [5.41, 5.74) is 4.41.